The molecule has 0 aromatic heterocycles. The summed E-state index contributed by atoms with van der Waals surface area (Å²) in [6.07, 6.45) is 5.77. The molecule has 7 rings (SSSR count). The summed E-state index contributed by atoms with van der Waals surface area (Å²) < 4.78 is 6.65. The van der Waals surface area contributed by atoms with Gasteiger partial charge in [-0.15, -0.1) is 0 Å². The number of nitrogens with zero attached hydrogens (tertiary/aromatic N) is 2. The van der Waals surface area contributed by atoms with Gasteiger partial charge >= 0.3 is 0 Å². The Kier molecular flexibility index (Phi) is 5.12. The number of hydrogen-bond acceptors (Lipinski definition) is 6. The number of phenols is 1. The van der Waals surface area contributed by atoms with Crippen LogP contribution < -0.4 is 10.5 Å². The average molecular weight is 504 g/mol. The molecular formula is C30H37N3O4. The number of carbonyl (C=O) groups is 1. The number of benzene rings is 2. The number of ether oxygens (including phenoxy) is 1. The Balaban J connectivity index is 1.19. The van der Waals surface area contributed by atoms with E-state index in [1.54, 1.807) is 6.07 Å². The van der Waals surface area contributed by atoms with E-state index in [1.165, 1.54) is 18.4 Å². The molecule has 2 aliphatic heterocycles. The van der Waals surface area contributed by atoms with E-state index in [0.29, 0.717) is 30.8 Å². The first-order chi connectivity index (χ1) is 17.8. The van der Waals surface area contributed by atoms with Crippen LogP contribution in [-0.2, 0) is 23.1 Å². The molecule has 1 saturated heterocycles. The van der Waals surface area contributed by atoms with E-state index in [0.717, 1.165) is 49.4 Å². The van der Waals surface area contributed by atoms with Crippen LogP contribution in [0, 0.1) is 11.8 Å². The van der Waals surface area contributed by atoms with Gasteiger partial charge in [0.05, 0.1) is 17.4 Å². The maximum Gasteiger partial charge on any atom is 0.226 e. The molecule has 2 bridgehead atoms. The summed E-state index contributed by atoms with van der Waals surface area (Å²) in [6, 6.07) is 11.3. The zero-order chi connectivity index (χ0) is 25.5. The number of piperidine rings is 1. The first kappa shape index (κ1) is 23.4. The largest absolute Gasteiger partial charge is 0.504 e. The topological polar surface area (TPSA) is 99.3 Å². The third-order valence-electron chi connectivity index (χ3n) is 10.2. The van der Waals surface area contributed by atoms with E-state index >= 15 is 0 Å². The smallest absolute Gasteiger partial charge is 0.226 e. The van der Waals surface area contributed by atoms with Crippen molar-refractivity contribution in [3.63, 3.8) is 0 Å². The van der Waals surface area contributed by atoms with Gasteiger partial charge in [-0.2, -0.15) is 0 Å². The number of likely N-dealkylation sites (tertiary alicyclic amines) is 1. The lowest BCUT2D eigenvalue weighted by Gasteiger charge is -2.64. The van der Waals surface area contributed by atoms with Crippen LogP contribution in [0.2, 0.25) is 0 Å². The highest BCUT2D eigenvalue weighted by Gasteiger charge is 2.72. The van der Waals surface area contributed by atoms with Crippen LogP contribution in [0.3, 0.4) is 0 Å². The number of nitrogen functional groups attached to an aromatic ring is 1. The highest BCUT2D eigenvalue weighted by Crippen LogP contribution is 2.66. The Hall–Kier alpha value is -2.77. The molecule has 4 N–H and O–H groups in total. The second-order valence-corrected chi connectivity index (χ2v) is 12.3. The fourth-order valence-corrected chi connectivity index (χ4v) is 8.17. The molecule has 0 unspecified atom stereocenters. The molecule has 2 aromatic rings. The highest BCUT2D eigenvalue weighted by molar-refractivity contribution is 5.78. The van der Waals surface area contributed by atoms with Crippen molar-refractivity contribution in [2.75, 3.05) is 32.4 Å². The van der Waals surface area contributed by atoms with Crippen molar-refractivity contribution in [2.24, 2.45) is 11.8 Å². The second kappa shape index (κ2) is 8.11. The second-order valence-electron chi connectivity index (χ2n) is 12.3. The molecule has 5 aliphatic rings. The maximum absolute atomic E-state index is 13.2. The van der Waals surface area contributed by atoms with Crippen molar-refractivity contribution >= 4 is 11.6 Å². The van der Waals surface area contributed by atoms with E-state index < -0.39 is 11.0 Å². The number of carbonyl (C=O) groups excluding carboxylic acids is 1. The van der Waals surface area contributed by atoms with Crippen LogP contribution in [0.15, 0.2) is 36.4 Å². The van der Waals surface area contributed by atoms with Gasteiger partial charge in [-0.05, 0) is 80.3 Å². The Morgan fingerprint density at radius 3 is 2.70 bits per heavy atom. The Labute approximate surface area is 218 Å². The summed E-state index contributed by atoms with van der Waals surface area (Å²) in [6.45, 7) is 2.58. The summed E-state index contributed by atoms with van der Waals surface area (Å²) in [5.41, 5.74) is 8.26. The number of rotatable bonds is 6. The zero-order valence-corrected chi connectivity index (χ0v) is 21.5. The van der Waals surface area contributed by atoms with Crippen molar-refractivity contribution in [2.45, 2.75) is 68.1 Å². The van der Waals surface area contributed by atoms with Gasteiger partial charge in [0.25, 0.3) is 0 Å². The van der Waals surface area contributed by atoms with Gasteiger partial charge < -0.3 is 25.6 Å². The van der Waals surface area contributed by atoms with Crippen LogP contribution >= 0.6 is 0 Å². The summed E-state index contributed by atoms with van der Waals surface area (Å²) in [5.74, 6) is 1.63. The molecule has 7 heteroatoms. The molecule has 3 fully saturated rings. The predicted octanol–water partition coefficient (Wildman–Crippen LogP) is 2.86. The van der Waals surface area contributed by atoms with Gasteiger partial charge in [-0.25, -0.2) is 0 Å². The number of nitrogens with two attached hydrogens (primary N) is 1. The summed E-state index contributed by atoms with van der Waals surface area (Å²) >= 11 is 0. The van der Waals surface area contributed by atoms with Gasteiger partial charge in [-0.3, -0.25) is 9.69 Å². The first-order valence-electron chi connectivity index (χ1n) is 13.9. The molecule has 2 heterocycles. The molecule has 1 amide bonds. The molecular weight excluding hydrogens is 466 g/mol. The van der Waals surface area contributed by atoms with Crippen molar-refractivity contribution in [1.29, 1.82) is 0 Å². The summed E-state index contributed by atoms with van der Waals surface area (Å²) in [4.78, 5) is 17.5. The first-order valence-corrected chi connectivity index (χ1v) is 13.9. The maximum atomic E-state index is 13.2. The third-order valence-corrected chi connectivity index (χ3v) is 10.2. The molecule has 3 aliphatic carbocycles. The Morgan fingerprint density at radius 2 is 1.95 bits per heavy atom. The lowest BCUT2D eigenvalue weighted by atomic mass is 9.47. The van der Waals surface area contributed by atoms with E-state index in [1.807, 2.05) is 42.3 Å². The lowest BCUT2D eigenvalue weighted by molar-refractivity contribution is -0.199. The number of aliphatic hydroxyl groups is 1. The number of hydrogen-bond donors (Lipinski definition) is 3. The van der Waals surface area contributed by atoms with Crippen LogP contribution in [0.25, 0.3) is 0 Å². The van der Waals surface area contributed by atoms with Crippen molar-refractivity contribution < 1.29 is 19.7 Å². The van der Waals surface area contributed by atoms with Crippen LogP contribution in [0.4, 0.5) is 5.69 Å². The molecule has 7 nitrogen and oxygen atoms in total. The number of phenolic OH excluding ortho intramolecular Hbond substituents is 1. The highest BCUT2D eigenvalue weighted by atomic mass is 16.5. The molecule has 2 aromatic carbocycles. The van der Waals surface area contributed by atoms with Crippen LogP contribution in [-0.4, -0.2) is 70.3 Å². The predicted molar refractivity (Wildman–Crippen MR) is 140 cm³/mol. The summed E-state index contributed by atoms with van der Waals surface area (Å²) in [5, 5.41) is 23.4. The van der Waals surface area contributed by atoms with Gasteiger partial charge in [0.15, 0.2) is 11.5 Å². The minimum atomic E-state index is -0.889. The van der Waals surface area contributed by atoms with Crippen molar-refractivity contribution in [3.05, 3.63) is 53.1 Å². The Morgan fingerprint density at radius 1 is 1.16 bits per heavy atom. The number of aromatic hydroxyl groups is 1. The monoisotopic (exact) mass is 503 g/mol. The molecule has 196 valence electrons. The quantitative estimate of drug-likeness (QED) is 0.525. The van der Waals surface area contributed by atoms with Gasteiger partial charge in [0, 0.05) is 43.3 Å². The fourth-order valence-electron chi connectivity index (χ4n) is 8.17. The van der Waals surface area contributed by atoms with E-state index in [4.69, 9.17) is 10.5 Å². The normalized spacial score (nSPS) is 33.5. The molecule has 1 spiro atoms. The van der Waals surface area contributed by atoms with Gasteiger partial charge in [-0.1, -0.05) is 18.2 Å². The molecule has 37 heavy (non-hydrogen) atoms. The van der Waals surface area contributed by atoms with Crippen LogP contribution in [0.5, 0.6) is 11.5 Å². The minimum absolute atomic E-state index is 0.0583. The van der Waals surface area contributed by atoms with E-state index in [2.05, 4.69) is 4.90 Å². The van der Waals surface area contributed by atoms with E-state index in [-0.39, 0.29) is 29.7 Å². The third kappa shape index (κ3) is 3.36. The fraction of sp³-hybridized carbons (Fsp3) is 0.567. The molecule has 2 saturated carbocycles. The van der Waals surface area contributed by atoms with Crippen molar-refractivity contribution in [1.82, 2.24) is 9.80 Å². The van der Waals surface area contributed by atoms with E-state index in [9.17, 15) is 15.0 Å². The lowest BCUT2D eigenvalue weighted by Crippen LogP contribution is -2.76. The van der Waals surface area contributed by atoms with Gasteiger partial charge in [0.2, 0.25) is 5.91 Å². The molecule has 5 atom stereocenters. The number of amides is 1. The molecule has 0 radical (unpaired) electrons. The average Bonchev–Trinajstić information content (AvgIpc) is 3.62. The van der Waals surface area contributed by atoms with Gasteiger partial charge in [0.1, 0.15) is 6.10 Å². The standard InChI is InChI=1S/C30H37N3O4/c1-32(25(35)14-18-4-7-22(31)8-5-18)17-21-10-11-30(36)24-15-20-6-9-23(34)27-26(20)29(30,28(21)37-27)12-13-33(24)16-19-2-3-19/h4-9,19,21,24,28,34,36H,2-3,10-17,31H2,1H3/t21-,24-,28+,29+,30-/m1/s1. The minimum Gasteiger partial charge on any atom is -0.504 e. The Bertz CT molecular complexity index is 1240. The number of anilines is 1. The van der Waals surface area contributed by atoms with Crippen LogP contribution in [0.1, 0.15) is 48.8 Å². The SMILES string of the molecule is CN(C[C@H]1CC[C@@]2(O)[C@H]3Cc4ccc(O)c5c4[C@@]2(CCN3CC2CC2)[C@H]1O5)C(=O)Cc1ccc(N)cc1. The zero-order valence-electron chi connectivity index (χ0n) is 21.5. The number of likely N-dealkylation sites (N-methyl/N-ethyl adjacent to an activating group) is 1. The summed E-state index contributed by atoms with van der Waals surface area (Å²) in [7, 11) is 1.87. The van der Waals surface area contributed by atoms with Crippen molar-refractivity contribution in [3.8, 4) is 11.5 Å².